The lowest BCUT2D eigenvalue weighted by atomic mass is 9.50. The van der Waals surface area contributed by atoms with Crippen LogP contribution in [0, 0.1) is 18.3 Å². The largest absolute Gasteiger partial charge is 0.496 e. The average Bonchev–Trinajstić information content (AvgIpc) is 2.71. The van der Waals surface area contributed by atoms with E-state index in [2.05, 4.69) is 44.7 Å². The van der Waals surface area contributed by atoms with Gasteiger partial charge in [-0.05, 0) is 73.6 Å². The van der Waals surface area contributed by atoms with E-state index >= 15 is 0 Å². The Kier molecular flexibility index (Phi) is 5.21. The summed E-state index contributed by atoms with van der Waals surface area (Å²) in [5, 5.41) is 0. The van der Waals surface area contributed by atoms with Gasteiger partial charge >= 0.3 is 0 Å². The molecular formula is C25H37NO3. The number of ether oxygens (including phenoxy) is 2. The number of amides is 1. The van der Waals surface area contributed by atoms with Crippen molar-refractivity contribution in [2.75, 3.05) is 20.8 Å². The molecule has 2 atom stereocenters. The Hall–Kier alpha value is -1.55. The molecule has 1 heterocycles. The molecule has 1 saturated carbocycles. The number of methoxy groups -OCH3 is 2. The number of likely N-dealkylation sites (tertiary alicyclic amines) is 1. The Labute approximate surface area is 175 Å². The second-order valence-corrected chi connectivity index (χ2v) is 10.2. The number of rotatable bonds is 3. The van der Waals surface area contributed by atoms with Gasteiger partial charge in [0.25, 0.3) is 0 Å². The van der Waals surface area contributed by atoms with Crippen LogP contribution in [-0.2, 0) is 21.4 Å². The van der Waals surface area contributed by atoms with Gasteiger partial charge < -0.3 is 14.4 Å². The Morgan fingerprint density at radius 2 is 1.79 bits per heavy atom. The molecule has 2 bridgehead atoms. The van der Waals surface area contributed by atoms with Crippen molar-refractivity contribution in [3.8, 4) is 5.75 Å². The molecule has 0 N–H and O–H groups in total. The van der Waals surface area contributed by atoms with Crippen LogP contribution in [0.4, 0.5) is 0 Å². The second kappa shape index (κ2) is 7.30. The van der Waals surface area contributed by atoms with Crippen molar-refractivity contribution in [1.29, 1.82) is 0 Å². The molecule has 4 nitrogen and oxygen atoms in total. The van der Waals surface area contributed by atoms with Gasteiger partial charge in [-0.15, -0.1) is 0 Å². The van der Waals surface area contributed by atoms with Crippen molar-refractivity contribution >= 4 is 5.91 Å². The summed E-state index contributed by atoms with van der Waals surface area (Å²) in [5.74, 6) is 1.50. The molecule has 4 rings (SSSR count). The quantitative estimate of drug-likeness (QED) is 0.743. The second-order valence-electron chi connectivity index (χ2n) is 10.2. The van der Waals surface area contributed by atoms with E-state index in [0.717, 1.165) is 50.8 Å². The van der Waals surface area contributed by atoms with E-state index in [0.29, 0.717) is 12.0 Å². The van der Waals surface area contributed by atoms with Crippen molar-refractivity contribution < 1.29 is 14.3 Å². The zero-order valence-corrected chi connectivity index (χ0v) is 19.0. The van der Waals surface area contributed by atoms with Gasteiger partial charge in [0.2, 0.25) is 5.91 Å². The minimum Gasteiger partial charge on any atom is -0.496 e. The fourth-order valence-corrected chi connectivity index (χ4v) is 6.31. The zero-order chi connectivity index (χ0) is 21.0. The van der Waals surface area contributed by atoms with Crippen LogP contribution in [0.2, 0.25) is 0 Å². The van der Waals surface area contributed by atoms with Gasteiger partial charge in [-0.25, -0.2) is 0 Å². The van der Waals surface area contributed by atoms with Crippen LogP contribution in [0.15, 0.2) is 12.1 Å². The van der Waals surface area contributed by atoms with Crippen molar-refractivity contribution in [3.63, 3.8) is 0 Å². The van der Waals surface area contributed by atoms with Crippen molar-refractivity contribution in [1.82, 2.24) is 4.90 Å². The van der Waals surface area contributed by atoms with Gasteiger partial charge in [-0.1, -0.05) is 26.8 Å². The molecule has 2 aliphatic carbocycles. The number of aryl methyl sites for hydroxylation is 1. The molecule has 160 valence electrons. The Morgan fingerprint density at radius 3 is 2.41 bits per heavy atom. The van der Waals surface area contributed by atoms with E-state index < -0.39 is 0 Å². The average molecular weight is 400 g/mol. The Bertz CT molecular complexity index is 794. The predicted octanol–water partition coefficient (Wildman–Crippen LogP) is 4.65. The standard InChI is InChI=1S/C25H37NO3/c1-16-13-20-18(14-21(16)29-6)15-22-24(2,3)25(20,4)11-12-26(22)23(27)17-7-9-19(28-5)10-8-17/h13-14,17,19,22H,7-12,15H2,1-6H3/t17?,19?,22-,25+/m0/s1. The lowest BCUT2D eigenvalue weighted by Crippen LogP contribution is -2.65. The molecule has 0 radical (unpaired) electrons. The molecule has 0 aromatic heterocycles. The molecule has 3 aliphatic rings. The molecule has 1 aromatic rings. The molecule has 1 aromatic carbocycles. The minimum atomic E-state index is 0.0403. The summed E-state index contributed by atoms with van der Waals surface area (Å²) in [7, 11) is 3.53. The maximum Gasteiger partial charge on any atom is 0.225 e. The van der Waals surface area contributed by atoms with Gasteiger partial charge in [-0.2, -0.15) is 0 Å². The number of carbonyl (C=O) groups is 1. The number of benzene rings is 1. The lowest BCUT2D eigenvalue weighted by Gasteiger charge is -2.61. The number of piperidine rings is 1. The summed E-state index contributed by atoms with van der Waals surface area (Å²) in [6, 6.07) is 4.81. The van der Waals surface area contributed by atoms with Crippen LogP contribution < -0.4 is 4.74 Å². The first-order valence-corrected chi connectivity index (χ1v) is 11.2. The minimum absolute atomic E-state index is 0.0403. The molecule has 29 heavy (non-hydrogen) atoms. The third-order valence-electron chi connectivity index (χ3n) is 8.75. The van der Waals surface area contributed by atoms with Crippen molar-refractivity contribution in [2.45, 2.75) is 83.8 Å². The third-order valence-corrected chi connectivity index (χ3v) is 8.75. The fourth-order valence-electron chi connectivity index (χ4n) is 6.31. The van der Waals surface area contributed by atoms with E-state index in [1.807, 2.05) is 0 Å². The SMILES string of the molecule is COc1cc2c(cc1C)[C@@]1(C)CCN(C(=O)C3CCC(OC)CC3)[C@@H](C2)C1(C)C. The van der Waals surface area contributed by atoms with Gasteiger partial charge in [-0.3, -0.25) is 4.79 Å². The topological polar surface area (TPSA) is 38.8 Å². The highest BCUT2D eigenvalue weighted by molar-refractivity contribution is 5.80. The first kappa shape index (κ1) is 20.7. The maximum atomic E-state index is 13.6. The lowest BCUT2D eigenvalue weighted by molar-refractivity contribution is -0.150. The highest BCUT2D eigenvalue weighted by Crippen LogP contribution is 2.57. The highest BCUT2D eigenvalue weighted by Gasteiger charge is 2.57. The summed E-state index contributed by atoms with van der Waals surface area (Å²) < 4.78 is 11.1. The van der Waals surface area contributed by atoms with E-state index in [1.165, 1.54) is 16.7 Å². The molecular weight excluding hydrogens is 362 g/mol. The smallest absolute Gasteiger partial charge is 0.225 e. The number of nitrogens with zero attached hydrogens (tertiary/aromatic N) is 1. The van der Waals surface area contributed by atoms with Crippen LogP contribution in [0.25, 0.3) is 0 Å². The first-order chi connectivity index (χ1) is 13.7. The van der Waals surface area contributed by atoms with Crippen molar-refractivity contribution in [2.24, 2.45) is 11.3 Å². The van der Waals surface area contributed by atoms with Gasteiger partial charge in [0.15, 0.2) is 0 Å². The van der Waals surface area contributed by atoms with Gasteiger partial charge in [0.1, 0.15) is 5.75 Å². The molecule has 0 unspecified atom stereocenters. The van der Waals surface area contributed by atoms with E-state index in [-0.39, 0.29) is 22.8 Å². The summed E-state index contributed by atoms with van der Waals surface area (Å²) in [4.78, 5) is 15.8. The Balaban J connectivity index is 1.65. The number of carbonyl (C=O) groups excluding carboxylic acids is 1. The number of fused-ring (bicyclic) bond motifs is 4. The summed E-state index contributed by atoms with van der Waals surface area (Å²) in [5.41, 5.74) is 4.14. The molecule has 1 aliphatic heterocycles. The maximum absolute atomic E-state index is 13.6. The molecule has 4 heteroatoms. The monoisotopic (exact) mass is 399 g/mol. The third kappa shape index (κ3) is 3.10. The van der Waals surface area contributed by atoms with Crippen LogP contribution in [0.5, 0.6) is 5.75 Å². The molecule has 1 saturated heterocycles. The van der Waals surface area contributed by atoms with E-state index in [1.54, 1.807) is 14.2 Å². The zero-order valence-electron chi connectivity index (χ0n) is 19.0. The van der Waals surface area contributed by atoms with E-state index in [4.69, 9.17) is 9.47 Å². The summed E-state index contributed by atoms with van der Waals surface area (Å²) >= 11 is 0. The van der Waals surface area contributed by atoms with Crippen LogP contribution in [0.1, 0.15) is 69.6 Å². The van der Waals surface area contributed by atoms with Gasteiger partial charge in [0.05, 0.1) is 13.2 Å². The molecule has 1 amide bonds. The summed E-state index contributed by atoms with van der Waals surface area (Å²) in [6.07, 6.45) is 6.21. The van der Waals surface area contributed by atoms with Gasteiger partial charge in [0, 0.05) is 31.0 Å². The van der Waals surface area contributed by atoms with Crippen LogP contribution in [-0.4, -0.2) is 43.7 Å². The predicted molar refractivity (Wildman–Crippen MR) is 115 cm³/mol. The molecule has 2 fully saturated rings. The highest BCUT2D eigenvalue weighted by atomic mass is 16.5. The van der Waals surface area contributed by atoms with Crippen LogP contribution in [0.3, 0.4) is 0 Å². The molecule has 0 spiro atoms. The normalized spacial score (nSPS) is 33.2. The number of hydrogen-bond donors (Lipinski definition) is 0. The van der Waals surface area contributed by atoms with Crippen molar-refractivity contribution in [3.05, 3.63) is 28.8 Å². The fraction of sp³-hybridized carbons (Fsp3) is 0.720. The van der Waals surface area contributed by atoms with E-state index in [9.17, 15) is 4.79 Å². The first-order valence-electron chi connectivity index (χ1n) is 11.2. The van der Waals surface area contributed by atoms with Crippen LogP contribution >= 0.6 is 0 Å². The Morgan fingerprint density at radius 1 is 1.10 bits per heavy atom. The number of hydrogen-bond acceptors (Lipinski definition) is 3. The summed E-state index contributed by atoms with van der Waals surface area (Å²) in [6.45, 7) is 10.2.